The van der Waals surface area contributed by atoms with Crippen LogP contribution in [-0.2, 0) is 16.1 Å². The van der Waals surface area contributed by atoms with Gasteiger partial charge in [0.25, 0.3) is 5.91 Å². The summed E-state index contributed by atoms with van der Waals surface area (Å²) in [6.45, 7) is 1.99. The van der Waals surface area contributed by atoms with Crippen LogP contribution in [0.25, 0.3) is 0 Å². The summed E-state index contributed by atoms with van der Waals surface area (Å²) in [5.41, 5.74) is 7.85. The number of nitrogens with two attached hydrogens (primary N) is 1. The van der Waals surface area contributed by atoms with Gasteiger partial charge in [-0.25, -0.2) is 0 Å². The molecule has 4 bridgehead atoms. The summed E-state index contributed by atoms with van der Waals surface area (Å²) in [5, 5.41) is 9.19. The normalized spacial score (nSPS) is 28.9. The van der Waals surface area contributed by atoms with Gasteiger partial charge in [-0.2, -0.15) is 0 Å². The summed E-state index contributed by atoms with van der Waals surface area (Å²) in [4.78, 5) is 37.8. The Hall–Kier alpha value is -3.35. The molecule has 0 aliphatic heterocycles. The average molecular weight is 461 g/mol. The molecule has 0 spiro atoms. The van der Waals surface area contributed by atoms with Crippen molar-refractivity contribution >= 4 is 29.1 Å². The molecule has 4 fully saturated rings. The van der Waals surface area contributed by atoms with E-state index in [-0.39, 0.29) is 28.7 Å². The first-order valence-corrected chi connectivity index (χ1v) is 12.1. The van der Waals surface area contributed by atoms with Gasteiger partial charge in [0.2, 0.25) is 11.8 Å². The summed E-state index contributed by atoms with van der Waals surface area (Å²) in [5.74, 6) is 0.880. The fourth-order valence-electron chi connectivity index (χ4n) is 7.00. The van der Waals surface area contributed by atoms with Gasteiger partial charge < -0.3 is 21.7 Å². The number of benzene rings is 2. The van der Waals surface area contributed by atoms with Crippen molar-refractivity contribution in [3.8, 4) is 0 Å². The molecule has 0 radical (unpaired) electrons. The standard InChI is InChI=1S/C27H32N4O3/c1-17(32)31-27-13-19-10-20(14-27)12-26(11-19,16-27)25(34)29-15-18-6-8-21(9-7-18)24(33)30-23-5-3-2-4-22(23)28/h2-9,19-20H,10-16,28H2,1H3,(H,29,34)(H,30,33)(H,31,32). The summed E-state index contributed by atoms with van der Waals surface area (Å²) in [7, 11) is 0. The van der Waals surface area contributed by atoms with Crippen LogP contribution in [0.3, 0.4) is 0 Å². The lowest BCUT2D eigenvalue weighted by molar-refractivity contribution is -0.153. The smallest absolute Gasteiger partial charge is 0.255 e. The number of amides is 3. The van der Waals surface area contributed by atoms with Gasteiger partial charge in [-0.1, -0.05) is 24.3 Å². The molecular weight excluding hydrogens is 428 g/mol. The lowest BCUT2D eigenvalue weighted by Crippen LogP contribution is -2.65. The minimum Gasteiger partial charge on any atom is -0.397 e. The van der Waals surface area contributed by atoms with Crippen molar-refractivity contribution in [1.82, 2.24) is 10.6 Å². The third-order valence-corrected chi connectivity index (χ3v) is 7.86. The average Bonchev–Trinajstić information content (AvgIpc) is 2.77. The molecule has 2 aromatic rings. The molecule has 4 saturated carbocycles. The molecule has 2 unspecified atom stereocenters. The first kappa shape index (κ1) is 22.4. The Bertz CT molecular complexity index is 1110. The fourth-order valence-corrected chi connectivity index (χ4v) is 7.00. The van der Waals surface area contributed by atoms with Gasteiger partial charge in [0.05, 0.1) is 16.8 Å². The van der Waals surface area contributed by atoms with Crippen LogP contribution < -0.4 is 21.7 Å². The minimum absolute atomic E-state index is 0.00316. The monoisotopic (exact) mass is 460 g/mol. The topological polar surface area (TPSA) is 113 Å². The number of hydrogen-bond acceptors (Lipinski definition) is 4. The molecule has 4 aliphatic carbocycles. The van der Waals surface area contributed by atoms with Gasteiger partial charge in [-0.3, -0.25) is 14.4 Å². The Morgan fingerprint density at radius 3 is 2.29 bits per heavy atom. The Morgan fingerprint density at radius 2 is 1.65 bits per heavy atom. The van der Waals surface area contributed by atoms with Crippen molar-refractivity contribution in [2.45, 2.75) is 57.5 Å². The first-order chi connectivity index (χ1) is 16.3. The SMILES string of the molecule is CC(=O)NC12CC3CC(C1)CC(C(=O)NCc1ccc(C(=O)Nc4ccccc4N)cc1)(C3)C2. The Morgan fingerprint density at radius 1 is 0.971 bits per heavy atom. The van der Waals surface area contributed by atoms with Crippen molar-refractivity contribution in [1.29, 1.82) is 0 Å². The predicted octanol–water partition coefficient (Wildman–Crippen LogP) is 3.61. The van der Waals surface area contributed by atoms with E-state index < -0.39 is 0 Å². The highest BCUT2D eigenvalue weighted by atomic mass is 16.2. The van der Waals surface area contributed by atoms with Crippen LogP contribution in [0.5, 0.6) is 0 Å². The van der Waals surface area contributed by atoms with Gasteiger partial charge >= 0.3 is 0 Å². The molecule has 2 atom stereocenters. The lowest BCUT2D eigenvalue weighted by Gasteiger charge is -2.61. The number of carbonyl (C=O) groups excluding carboxylic acids is 3. The number of carbonyl (C=O) groups is 3. The van der Waals surface area contributed by atoms with Crippen molar-refractivity contribution < 1.29 is 14.4 Å². The van der Waals surface area contributed by atoms with Gasteiger partial charge in [0.1, 0.15) is 0 Å². The predicted molar refractivity (Wildman–Crippen MR) is 131 cm³/mol. The molecular formula is C27H32N4O3. The van der Waals surface area contributed by atoms with E-state index in [0.717, 1.165) is 37.7 Å². The molecule has 178 valence electrons. The van der Waals surface area contributed by atoms with Gasteiger partial charge in [-0.05, 0) is 80.2 Å². The van der Waals surface area contributed by atoms with Crippen LogP contribution >= 0.6 is 0 Å². The quantitative estimate of drug-likeness (QED) is 0.493. The first-order valence-electron chi connectivity index (χ1n) is 12.1. The number of anilines is 2. The maximum absolute atomic E-state index is 13.4. The molecule has 5 N–H and O–H groups in total. The molecule has 0 aromatic heterocycles. The van der Waals surface area contributed by atoms with Crippen LogP contribution in [0.4, 0.5) is 11.4 Å². The number of hydrogen-bond donors (Lipinski definition) is 4. The molecule has 0 heterocycles. The molecule has 7 nitrogen and oxygen atoms in total. The van der Waals surface area contributed by atoms with E-state index in [1.807, 2.05) is 24.3 Å². The van der Waals surface area contributed by atoms with E-state index >= 15 is 0 Å². The zero-order valence-electron chi connectivity index (χ0n) is 19.5. The van der Waals surface area contributed by atoms with Crippen LogP contribution in [0.15, 0.2) is 48.5 Å². The number of nitrogen functional groups attached to an aromatic ring is 1. The fraction of sp³-hybridized carbons (Fsp3) is 0.444. The van der Waals surface area contributed by atoms with Crippen LogP contribution in [0.1, 0.15) is 61.4 Å². The van der Waals surface area contributed by atoms with Crippen molar-refractivity contribution in [3.05, 3.63) is 59.7 Å². The second kappa shape index (κ2) is 8.46. The summed E-state index contributed by atoms with van der Waals surface area (Å²) < 4.78 is 0. The summed E-state index contributed by atoms with van der Waals surface area (Å²) >= 11 is 0. The Kier molecular flexibility index (Phi) is 5.58. The van der Waals surface area contributed by atoms with E-state index in [2.05, 4.69) is 16.0 Å². The lowest BCUT2D eigenvalue weighted by atomic mass is 9.46. The second-order valence-electron chi connectivity index (χ2n) is 10.6. The summed E-state index contributed by atoms with van der Waals surface area (Å²) in [6, 6.07) is 14.4. The molecule has 34 heavy (non-hydrogen) atoms. The molecule has 3 amide bonds. The maximum atomic E-state index is 13.4. The van der Waals surface area contributed by atoms with Crippen molar-refractivity contribution in [2.24, 2.45) is 17.3 Å². The van der Waals surface area contributed by atoms with Crippen LogP contribution in [-0.4, -0.2) is 23.3 Å². The third-order valence-electron chi connectivity index (χ3n) is 7.86. The molecule has 7 heteroatoms. The van der Waals surface area contributed by atoms with E-state index in [0.29, 0.717) is 35.3 Å². The number of rotatable bonds is 6. The van der Waals surface area contributed by atoms with Gasteiger partial charge in [0.15, 0.2) is 0 Å². The zero-order valence-corrected chi connectivity index (χ0v) is 19.5. The molecule has 4 aliphatic rings. The largest absolute Gasteiger partial charge is 0.397 e. The number of para-hydroxylation sites is 2. The molecule has 2 aromatic carbocycles. The van der Waals surface area contributed by atoms with Gasteiger partial charge in [0, 0.05) is 24.6 Å². The van der Waals surface area contributed by atoms with E-state index in [4.69, 9.17) is 5.73 Å². The highest BCUT2D eigenvalue weighted by Gasteiger charge is 2.60. The van der Waals surface area contributed by atoms with Crippen LogP contribution in [0, 0.1) is 17.3 Å². The van der Waals surface area contributed by atoms with Crippen molar-refractivity contribution in [2.75, 3.05) is 11.1 Å². The van der Waals surface area contributed by atoms with E-state index in [9.17, 15) is 14.4 Å². The Labute approximate surface area is 199 Å². The van der Waals surface area contributed by atoms with Crippen molar-refractivity contribution in [3.63, 3.8) is 0 Å². The zero-order chi connectivity index (χ0) is 23.9. The third kappa shape index (κ3) is 4.27. The van der Waals surface area contributed by atoms with Crippen LogP contribution in [0.2, 0.25) is 0 Å². The number of nitrogens with one attached hydrogen (secondary N) is 3. The highest BCUT2D eigenvalue weighted by Crippen LogP contribution is 2.61. The second-order valence-corrected chi connectivity index (χ2v) is 10.6. The molecule has 6 rings (SSSR count). The Balaban J connectivity index is 1.22. The molecule has 0 saturated heterocycles. The summed E-state index contributed by atoms with van der Waals surface area (Å²) in [6.07, 6.45) is 5.73. The maximum Gasteiger partial charge on any atom is 0.255 e. The minimum atomic E-state index is -0.387. The van der Waals surface area contributed by atoms with E-state index in [1.54, 1.807) is 31.2 Å². The van der Waals surface area contributed by atoms with Gasteiger partial charge in [-0.15, -0.1) is 0 Å². The highest BCUT2D eigenvalue weighted by molar-refractivity contribution is 6.05. The van der Waals surface area contributed by atoms with E-state index in [1.165, 1.54) is 6.42 Å².